The average molecular weight is 356 g/mol. The summed E-state index contributed by atoms with van der Waals surface area (Å²) < 4.78 is 27.3. The zero-order chi connectivity index (χ0) is 20.0. The number of halogens is 2. The Morgan fingerprint density at radius 3 is 1.88 bits per heavy atom. The lowest BCUT2D eigenvalue weighted by Gasteiger charge is -2.07. The maximum atomic E-state index is 12.8. The fourth-order valence-corrected chi connectivity index (χ4v) is 1.70. The van der Waals surface area contributed by atoms with E-state index in [1.54, 1.807) is 36.1 Å². The van der Waals surface area contributed by atoms with Crippen LogP contribution in [0.5, 0.6) is 0 Å². The molecule has 0 saturated carbocycles. The van der Waals surface area contributed by atoms with Crippen molar-refractivity contribution in [2.24, 2.45) is 7.05 Å². The molecule has 0 aliphatic heterocycles. The smallest absolute Gasteiger partial charge is 0.264 e. The molecule has 0 aliphatic rings. The van der Waals surface area contributed by atoms with Crippen molar-refractivity contribution < 1.29 is 8.78 Å². The van der Waals surface area contributed by atoms with E-state index in [-0.39, 0.29) is 5.56 Å². The first kappa shape index (κ1) is 25.5. The van der Waals surface area contributed by atoms with Crippen LogP contribution in [0.2, 0.25) is 0 Å². The second-order valence-corrected chi connectivity index (χ2v) is 5.05. The molecular formula is C20H35F2N3. The second-order valence-electron chi connectivity index (χ2n) is 5.05. The number of nitrogens with zero attached hydrogens (tertiary/aromatic N) is 3. The maximum Gasteiger partial charge on any atom is 0.264 e. The summed E-state index contributed by atoms with van der Waals surface area (Å²) in [7, 11) is 5.91. The summed E-state index contributed by atoms with van der Waals surface area (Å²) in [4.78, 5) is 2.12. The van der Waals surface area contributed by atoms with Gasteiger partial charge in [0.05, 0.1) is 6.20 Å². The fraction of sp³-hybridized carbons (Fsp3) is 0.550. The molecule has 0 amide bonds. The third kappa shape index (κ3) is 8.77. The Morgan fingerprint density at radius 1 is 1.04 bits per heavy atom. The van der Waals surface area contributed by atoms with Crippen LogP contribution in [-0.2, 0) is 7.05 Å². The van der Waals surface area contributed by atoms with Gasteiger partial charge in [0.15, 0.2) is 0 Å². The van der Waals surface area contributed by atoms with Crippen LogP contribution in [0.25, 0.3) is 11.1 Å². The molecular weight excluding hydrogens is 320 g/mol. The van der Waals surface area contributed by atoms with Crippen molar-refractivity contribution >= 4 is 0 Å². The van der Waals surface area contributed by atoms with Crippen molar-refractivity contribution in [3.05, 3.63) is 41.7 Å². The summed E-state index contributed by atoms with van der Waals surface area (Å²) in [5.74, 6) is 0. The van der Waals surface area contributed by atoms with E-state index < -0.39 is 6.43 Å². The van der Waals surface area contributed by atoms with Gasteiger partial charge in [-0.15, -0.1) is 0 Å². The van der Waals surface area contributed by atoms with E-state index in [9.17, 15) is 8.78 Å². The number of hydrogen-bond acceptors (Lipinski definition) is 2. The summed E-state index contributed by atoms with van der Waals surface area (Å²) >= 11 is 0. The van der Waals surface area contributed by atoms with Gasteiger partial charge in [0.1, 0.15) is 0 Å². The molecule has 0 radical (unpaired) electrons. The Morgan fingerprint density at radius 2 is 1.52 bits per heavy atom. The Bertz CT molecular complexity index is 564. The molecule has 0 aliphatic carbocycles. The van der Waals surface area contributed by atoms with E-state index in [1.807, 2.05) is 34.6 Å². The van der Waals surface area contributed by atoms with Gasteiger partial charge < -0.3 is 4.90 Å². The summed E-state index contributed by atoms with van der Waals surface area (Å²) in [6.07, 6.45) is -0.841. The van der Waals surface area contributed by atoms with E-state index in [0.29, 0.717) is 5.56 Å². The minimum absolute atomic E-state index is 0.0543. The van der Waals surface area contributed by atoms with Gasteiger partial charge in [0.25, 0.3) is 6.43 Å². The van der Waals surface area contributed by atoms with Crippen LogP contribution in [0.4, 0.5) is 8.78 Å². The van der Waals surface area contributed by atoms with Crippen LogP contribution >= 0.6 is 0 Å². The number of rotatable bonds is 3. The molecule has 3 nitrogen and oxygen atoms in total. The van der Waals surface area contributed by atoms with Crippen molar-refractivity contribution in [2.75, 3.05) is 20.6 Å². The molecule has 1 heterocycles. The molecule has 0 atom stereocenters. The monoisotopic (exact) mass is 355 g/mol. The molecule has 25 heavy (non-hydrogen) atoms. The number of hydrogen-bond donors (Lipinski definition) is 0. The standard InChI is InChI=1S/C12H12F2N2.C4H11N.2C2H6/c1-8-11(7-15-16(8)2)9-5-3-4-6-10(9)12(13)14;1-4-5(2)3;2*1-2/h3-7,12H,1-2H3;4H2,1-3H3;2*1-2H3. The first-order valence-corrected chi connectivity index (χ1v) is 8.89. The van der Waals surface area contributed by atoms with Gasteiger partial charge in [-0.25, -0.2) is 8.78 Å². The Labute approximate surface area is 152 Å². The van der Waals surface area contributed by atoms with Crippen molar-refractivity contribution in [1.29, 1.82) is 0 Å². The summed E-state index contributed by atoms with van der Waals surface area (Å²) in [5, 5.41) is 4.06. The Hall–Kier alpha value is -1.75. The molecule has 0 bridgehead atoms. The molecule has 2 aromatic rings. The predicted molar refractivity (Wildman–Crippen MR) is 105 cm³/mol. The lowest BCUT2D eigenvalue weighted by molar-refractivity contribution is 0.152. The highest BCUT2D eigenvalue weighted by molar-refractivity contribution is 5.69. The summed E-state index contributed by atoms with van der Waals surface area (Å²) in [6.45, 7) is 13.1. The molecule has 1 aromatic heterocycles. The van der Waals surface area contributed by atoms with E-state index >= 15 is 0 Å². The predicted octanol–water partition coefficient (Wildman–Crippen LogP) is 5.95. The highest BCUT2D eigenvalue weighted by atomic mass is 19.3. The van der Waals surface area contributed by atoms with Gasteiger partial charge in [-0.1, -0.05) is 58.9 Å². The average Bonchev–Trinajstić information content (AvgIpc) is 2.98. The largest absolute Gasteiger partial charge is 0.310 e. The normalized spacial score (nSPS) is 9.48. The van der Waals surface area contributed by atoms with Crippen LogP contribution in [0.15, 0.2) is 30.5 Å². The van der Waals surface area contributed by atoms with Crippen molar-refractivity contribution in [3.8, 4) is 11.1 Å². The zero-order valence-corrected chi connectivity index (χ0v) is 17.3. The third-order valence-corrected chi connectivity index (χ3v) is 3.35. The fourth-order valence-electron chi connectivity index (χ4n) is 1.70. The molecule has 0 unspecified atom stereocenters. The Kier molecular flexibility index (Phi) is 14.9. The van der Waals surface area contributed by atoms with Crippen LogP contribution in [-0.4, -0.2) is 35.3 Å². The number of benzene rings is 1. The van der Waals surface area contributed by atoms with E-state index in [4.69, 9.17) is 0 Å². The van der Waals surface area contributed by atoms with Crippen LogP contribution in [0.1, 0.15) is 52.3 Å². The first-order chi connectivity index (χ1) is 11.9. The summed E-state index contributed by atoms with van der Waals surface area (Å²) in [5.41, 5.74) is 2.26. The third-order valence-electron chi connectivity index (χ3n) is 3.35. The molecule has 5 heteroatoms. The van der Waals surface area contributed by atoms with E-state index in [1.165, 1.54) is 6.07 Å². The van der Waals surface area contributed by atoms with Gasteiger partial charge in [0.2, 0.25) is 0 Å². The lowest BCUT2D eigenvalue weighted by Crippen LogP contribution is -2.08. The molecule has 144 valence electrons. The second kappa shape index (κ2) is 14.6. The van der Waals surface area contributed by atoms with Crippen LogP contribution in [0, 0.1) is 6.92 Å². The van der Waals surface area contributed by atoms with Gasteiger partial charge in [0, 0.05) is 23.9 Å². The minimum Gasteiger partial charge on any atom is -0.310 e. The highest BCUT2D eigenvalue weighted by Crippen LogP contribution is 2.32. The number of alkyl halides is 2. The van der Waals surface area contributed by atoms with Crippen molar-refractivity contribution in [3.63, 3.8) is 0 Å². The molecule has 0 spiro atoms. The van der Waals surface area contributed by atoms with Gasteiger partial charge in [-0.05, 0) is 33.1 Å². The van der Waals surface area contributed by atoms with Crippen molar-refractivity contribution in [2.45, 2.75) is 48.0 Å². The summed E-state index contributed by atoms with van der Waals surface area (Å²) in [6, 6.07) is 6.53. The molecule has 0 fully saturated rings. The first-order valence-electron chi connectivity index (χ1n) is 8.89. The molecule has 2 rings (SSSR count). The quantitative estimate of drug-likeness (QED) is 0.678. The SMILES string of the molecule is CC.CC.CCN(C)C.Cc1c(-c2ccccc2C(F)F)cnn1C. The van der Waals surface area contributed by atoms with E-state index in [0.717, 1.165) is 17.8 Å². The molecule has 1 aromatic carbocycles. The zero-order valence-electron chi connectivity index (χ0n) is 17.3. The lowest BCUT2D eigenvalue weighted by atomic mass is 10.0. The minimum atomic E-state index is -2.46. The van der Waals surface area contributed by atoms with Crippen LogP contribution in [0.3, 0.4) is 0 Å². The number of aromatic nitrogens is 2. The van der Waals surface area contributed by atoms with Gasteiger partial charge >= 0.3 is 0 Å². The van der Waals surface area contributed by atoms with Crippen molar-refractivity contribution in [1.82, 2.24) is 14.7 Å². The molecule has 0 N–H and O–H groups in total. The molecule has 0 saturated heterocycles. The maximum absolute atomic E-state index is 12.8. The number of aryl methyl sites for hydroxylation is 1. The van der Waals surface area contributed by atoms with Crippen LogP contribution < -0.4 is 0 Å². The van der Waals surface area contributed by atoms with Gasteiger partial charge in [-0.3, -0.25) is 4.68 Å². The topological polar surface area (TPSA) is 21.1 Å². The Balaban J connectivity index is 0. The highest BCUT2D eigenvalue weighted by Gasteiger charge is 2.16. The van der Waals surface area contributed by atoms with Gasteiger partial charge in [-0.2, -0.15) is 5.10 Å². The van der Waals surface area contributed by atoms with E-state index in [2.05, 4.69) is 31.0 Å².